The van der Waals surface area contributed by atoms with Crippen LogP contribution < -0.4 is 15.2 Å². The second kappa shape index (κ2) is 7.28. The Kier molecular flexibility index (Phi) is 6.02. The third-order valence-corrected chi connectivity index (χ3v) is 4.55. The summed E-state index contributed by atoms with van der Waals surface area (Å²) in [7, 11) is -2.22. The molecule has 0 aliphatic heterocycles. The molecule has 0 saturated heterocycles. The van der Waals surface area contributed by atoms with Crippen LogP contribution in [0.1, 0.15) is 0 Å². The van der Waals surface area contributed by atoms with Crippen molar-refractivity contribution in [1.29, 1.82) is 0 Å². The molecule has 3 N–H and O–H groups in total. The molecule has 0 fully saturated rings. The number of terminal acetylenes is 1. The van der Waals surface area contributed by atoms with Crippen molar-refractivity contribution in [2.45, 2.75) is 4.90 Å². The van der Waals surface area contributed by atoms with Gasteiger partial charge in [-0.3, -0.25) is 0 Å². The summed E-state index contributed by atoms with van der Waals surface area (Å²) in [5, 5.41) is 0. The molecule has 19 heavy (non-hydrogen) atoms. The van der Waals surface area contributed by atoms with E-state index in [0.717, 1.165) is 0 Å². The molecule has 7 heteroatoms. The predicted molar refractivity (Wildman–Crippen MR) is 78.8 cm³/mol. The lowest BCUT2D eigenvalue weighted by Crippen LogP contribution is -2.26. The van der Waals surface area contributed by atoms with Crippen molar-refractivity contribution in [1.82, 2.24) is 4.72 Å². The van der Waals surface area contributed by atoms with Crippen molar-refractivity contribution in [3.63, 3.8) is 0 Å². The van der Waals surface area contributed by atoms with E-state index in [0.29, 0.717) is 23.7 Å². The smallest absolute Gasteiger partial charge is 0.244 e. The molecule has 0 spiro atoms. The number of rotatable bonds is 7. The van der Waals surface area contributed by atoms with Gasteiger partial charge in [0.05, 0.1) is 12.9 Å². The van der Waals surface area contributed by atoms with Crippen LogP contribution in [0.25, 0.3) is 0 Å². The number of benzene rings is 1. The monoisotopic (exact) mass is 300 g/mol. The Morgan fingerprint density at radius 3 is 2.89 bits per heavy atom. The van der Waals surface area contributed by atoms with Gasteiger partial charge in [-0.15, -0.1) is 18.2 Å². The summed E-state index contributed by atoms with van der Waals surface area (Å²) >= 11 is 1.48. The Balaban J connectivity index is 2.77. The average Bonchev–Trinajstić information content (AvgIpc) is 2.38. The molecule has 0 atom stereocenters. The van der Waals surface area contributed by atoms with Crippen LogP contribution >= 0.6 is 11.8 Å². The topological polar surface area (TPSA) is 81.4 Å². The predicted octanol–water partition coefficient (Wildman–Crippen LogP) is 0.922. The summed E-state index contributed by atoms with van der Waals surface area (Å²) in [6.45, 7) is 0.298. The second-order valence-electron chi connectivity index (χ2n) is 3.56. The molecule has 1 rings (SSSR count). The normalized spacial score (nSPS) is 10.9. The van der Waals surface area contributed by atoms with Gasteiger partial charge in [0.25, 0.3) is 0 Å². The molecule has 0 aliphatic rings. The molecule has 0 saturated carbocycles. The number of hydrogen-bond acceptors (Lipinski definition) is 5. The molecule has 104 valence electrons. The molecular formula is C12H16N2O3S2. The fourth-order valence-electron chi connectivity index (χ4n) is 1.36. The van der Waals surface area contributed by atoms with Gasteiger partial charge in [-0.1, -0.05) is 5.92 Å². The quantitative estimate of drug-likeness (QED) is 0.444. The third kappa shape index (κ3) is 4.67. The highest BCUT2D eigenvalue weighted by Crippen LogP contribution is 2.25. The first-order chi connectivity index (χ1) is 9.01. The van der Waals surface area contributed by atoms with Crippen molar-refractivity contribution in [2.75, 3.05) is 30.9 Å². The van der Waals surface area contributed by atoms with Gasteiger partial charge in [0, 0.05) is 18.0 Å². The van der Waals surface area contributed by atoms with Crippen LogP contribution in [0.3, 0.4) is 0 Å². The zero-order valence-corrected chi connectivity index (χ0v) is 12.2. The maximum absolute atomic E-state index is 12.1. The van der Waals surface area contributed by atoms with Gasteiger partial charge in [-0.05, 0) is 18.2 Å². The molecule has 0 bridgehead atoms. The summed E-state index contributed by atoms with van der Waals surface area (Å²) < 4.78 is 31.7. The lowest BCUT2D eigenvalue weighted by Gasteiger charge is -2.11. The largest absolute Gasteiger partial charge is 0.495 e. The van der Waals surface area contributed by atoms with E-state index in [9.17, 15) is 8.42 Å². The maximum Gasteiger partial charge on any atom is 0.244 e. The first-order valence-corrected chi connectivity index (χ1v) is 8.09. The highest BCUT2D eigenvalue weighted by molar-refractivity contribution is 7.99. The van der Waals surface area contributed by atoms with Crippen molar-refractivity contribution in [2.24, 2.45) is 0 Å². The molecule has 5 nitrogen and oxygen atoms in total. The number of ether oxygens (including phenoxy) is 1. The minimum atomic E-state index is -3.63. The first kappa shape index (κ1) is 15.7. The SMILES string of the molecule is C#CCSCCNS(=O)(=O)c1cc(N)ccc1OC. The van der Waals surface area contributed by atoms with Crippen molar-refractivity contribution in [3.8, 4) is 18.1 Å². The summed E-state index contributed by atoms with van der Waals surface area (Å²) in [5.41, 5.74) is 5.96. The van der Waals surface area contributed by atoms with Gasteiger partial charge in [0.15, 0.2) is 0 Å². The van der Waals surface area contributed by atoms with Crippen LogP contribution in [0.2, 0.25) is 0 Å². The van der Waals surface area contributed by atoms with Crippen LogP contribution in [-0.2, 0) is 10.0 Å². The number of nitrogens with one attached hydrogen (secondary N) is 1. The lowest BCUT2D eigenvalue weighted by atomic mass is 10.3. The van der Waals surface area contributed by atoms with Gasteiger partial charge < -0.3 is 10.5 Å². The van der Waals surface area contributed by atoms with E-state index in [1.54, 1.807) is 6.07 Å². The Bertz CT molecular complexity index is 565. The number of sulfonamides is 1. The van der Waals surface area contributed by atoms with E-state index in [1.807, 2.05) is 0 Å². The molecule has 0 heterocycles. The van der Waals surface area contributed by atoms with Gasteiger partial charge >= 0.3 is 0 Å². The summed E-state index contributed by atoms with van der Waals surface area (Å²) in [4.78, 5) is 0.0388. The lowest BCUT2D eigenvalue weighted by molar-refractivity contribution is 0.402. The molecule has 0 amide bonds. The first-order valence-electron chi connectivity index (χ1n) is 5.45. The Morgan fingerprint density at radius 1 is 1.53 bits per heavy atom. The van der Waals surface area contributed by atoms with E-state index in [4.69, 9.17) is 16.9 Å². The number of nitrogen functional groups attached to an aromatic ring is 1. The van der Waals surface area contributed by atoms with E-state index in [-0.39, 0.29) is 10.6 Å². The zero-order chi connectivity index (χ0) is 14.3. The zero-order valence-electron chi connectivity index (χ0n) is 10.5. The highest BCUT2D eigenvalue weighted by Gasteiger charge is 2.19. The van der Waals surface area contributed by atoms with Gasteiger partial charge in [0.1, 0.15) is 10.6 Å². The molecule has 1 aromatic carbocycles. The minimum Gasteiger partial charge on any atom is -0.495 e. The fraction of sp³-hybridized carbons (Fsp3) is 0.333. The van der Waals surface area contributed by atoms with Crippen molar-refractivity contribution >= 4 is 27.5 Å². The fourth-order valence-corrected chi connectivity index (χ4v) is 3.23. The third-order valence-electron chi connectivity index (χ3n) is 2.20. The Hall–Kier alpha value is -1.36. The van der Waals surface area contributed by atoms with Crippen molar-refractivity contribution in [3.05, 3.63) is 18.2 Å². The standard InChI is InChI=1S/C12H16N2O3S2/c1-3-7-18-8-6-14-19(15,16)12-9-10(13)4-5-11(12)17-2/h1,4-5,9,14H,6-8,13H2,2H3. The molecule has 0 radical (unpaired) electrons. The van der Waals surface area contributed by atoms with E-state index < -0.39 is 10.0 Å². The molecule has 1 aromatic rings. The number of methoxy groups -OCH3 is 1. The molecule has 0 unspecified atom stereocenters. The molecule has 0 aliphatic carbocycles. The van der Waals surface area contributed by atoms with Crippen LogP contribution in [0, 0.1) is 12.3 Å². The Morgan fingerprint density at radius 2 is 2.26 bits per heavy atom. The summed E-state index contributed by atoms with van der Waals surface area (Å²) in [5.74, 6) is 3.90. The van der Waals surface area contributed by atoms with Crippen LogP contribution in [-0.4, -0.2) is 33.6 Å². The van der Waals surface area contributed by atoms with Crippen LogP contribution in [0.4, 0.5) is 5.69 Å². The number of hydrogen-bond donors (Lipinski definition) is 2. The second-order valence-corrected chi connectivity index (χ2v) is 6.41. The van der Waals surface area contributed by atoms with Crippen LogP contribution in [0.15, 0.2) is 23.1 Å². The van der Waals surface area contributed by atoms with Gasteiger partial charge in [-0.25, -0.2) is 13.1 Å². The van der Waals surface area contributed by atoms with Crippen molar-refractivity contribution < 1.29 is 13.2 Å². The number of anilines is 1. The molecule has 0 aromatic heterocycles. The van der Waals surface area contributed by atoms with Gasteiger partial charge in [-0.2, -0.15) is 0 Å². The summed E-state index contributed by atoms with van der Waals surface area (Å²) in [6.07, 6.45) is 5.10. The Labute approximate surface area is 118 Å². The summed E-state index contributed by atoms with van der Waals surface area (Å²) in [6, 6.07) is 4.48. The van der Waals surface area contributed by atoms with E-state index in [2.05, 4.69) is 10.6 Å². The van der Waals surface area contributed by atoms with E-state index in [1.165, 1.54) is 31.0 Å². The highest BCUT2D eigenvalue weighted by atomic mass is 32.2. The number of nitrogens with two attached hydrogens (primary N) is 1. The molecular weight excluding hydrogens is 284 g/mol. The maximum atomic E-state index is 12.1. The average molecular weight is 300 g/mol. The number of thioether (sulfide) groups is 1. The minimum absolute atomic E-state index is 0.0388. The van der Waals surface area contributed by atoms with Gasteiger partial charge in [0.2, 0.25) is 10.0 Å². The van der Waals surface area contributed by atoms with Crippen LogP contribution in [0.5, 0.6) is 5.75 Å². The van der Waals surface area contributed by atoms with E-state index >= 15 is 0 Å².